The molecule has 0 bridgehead atoms. The molecule has 1 aromatic carbocycles. The summed E-state index contributed by atoms with van der Waals surface area (Å²) in [5.74, 6) is -0.352. The van der Waals surface area contributed by atoms with Crippen molar-refractivity contribution >= 4 is 28.0 Å². The third kappa shape index (κ3) is 3.26. The van der Waals surface area contributed by atoms with E-state index in [1.54, 1.807) is 12.1 Å². The normalized spacial score (nSPS) is 10.5. The molecule has 26 heavy (non-hydrogen) atoms. The van der Waals surface area contributed by atoms with Gasteiger partial charge in [0.2, 0.25) is 11.5 Å². The van der Waals surface area contributed by atoms with Crippen LogP contribution in [0.15, 0.2) is 39.8 Å². The Morgan fingerprint density at radius 2 is 1.88 bits per heavy atom. The monoisotopic (exact) mass is 349 g/mol. The Bertz CT molecular complexity index is 1080. The lowest BCUT2D eigenvalue weighted by Gasteiger charge is -2.20. The number of hydrogen-bond donors (Lipinski definition) is 0. The molecule has 0 radical (unpaired) electrons. The molecule has 0 N–H and O–H groups in total. The van der Waals surface area contributed by atoms with E-state index in [-0.39, 0.29) is 44.0 Å². The molecule has 0 aliphatic carbocycles. The lowest BCUT2D eigenvalue weighted by atomic mass is 10.2. The number of fused-ring (bicyclic) bond motifs is 3. The van der Waals surface area contributed by atoms with E-state index in [2.05, 4.69) is 4.98 Å². The van der Waals surface area contributed by atoms with Crippen LogP contribution in [0, 0.1) is 22.7 Å². The third-order valence-electron chi connectivity index (χ3n) is 4.00. The number of aromatic nitrogens is 2. The molecule has 0 saturated carbocycles. The van der Waals surface area contributed by atoms with Gasteiger partial charge in [-0.2, -0.15) is 10.5 Å². The highest BCUT2D eigenvalue weighted by Crippen LogP contribution is 2.23. The molecule has 0 spiro atoms. The van der Waals surface area contributed by atoms with Crippen LogP contribution in [-0.2, 0) is 11.3 Å². The highest BCUT2D eigenvalue weighted by molar-refractivity contribution is 6.01. The van der Waals surface area contributed by atoms with Crippen LogP contribution in [0.5, 0.6) is 0 Å². The third-order valence-corrected chi connectivity index (χ3v) is 4.00. The number of carbonyl (C=O) groups excluding carboxylic acids is 1. The molecule has 0 saturated heterocycles. The largest absolute Gasteiger partial charge is 0.448 e. The maximum atomic E-state index is 12.6. The molecule has 0 aliphatic rings. The van der Waals surface area contributed by atoms with Crippen LogP contribution in [0.4, 0.5) is 0 Å². The Hall–Kier alpha value is -3.65. The van der Waals surface area contributed by atoms with Gasteiger partial charge in [-0.15, -0.1) is 0 Å². The van der Waals surface area contributed by atoms with Gasteiger partial charge in [-0.05, 0) is 12.1 Å². The molecule has 8 heteroatoms. The predicted octanol–water partition coefficient (Wildman–Crippen LogP) is 1.80. The zero-order chi connectivity index (χ0) is 18.5. The fourth-order valence-corrected chi connectivity index (χ4v) is 2.70. The molecule has 8 nitrogen and oxygen atoms in total. The van der Waals surface area contributed by atoms with Gasteiger partial charge in [0.1, 0.15) is 17.6 Å². The average molecular weight is 349 g/mol. The Kier molecular flexibility index (Phi) is 4.95. The van der Waals surface area contributed by atoms with Crippen molar-refractivity contribution in [2.75, 3.05) is 13.1 Å². The quantitative estimate of drug-likeness (QED) is 0.670. The van der Waals surface area contributed by atoms with Crippen molar-refractivity contribution in [1.82, 2.24) is 14.5 Å². The minimum Gasteiger partial charge on any atom is -0.448 e. The standard InChI is InChI=1S/C18H15N5O3/c19-7-3-9-22(10-4-8-20)15(24)11-23-12-21-16-13-5-1-2-6-14(13)26-17(16)18(23)25/h1-2,5-6,12H,3-4,9-11H2. The van der Waals surface area contributed by atoms with Gasteiger partial charge in [-0.25, -0.2) is 4.98 Å². The van der Waals surface area contributed by atoms with E-state index in [0.717, 1.165) is 5.39 Å². The van der Waals surface area contributed by atoms with E-state index in [4.69, 9.17) is 14.9 Å². The first-order valence-corrected chi connectivity index (χ1v) is 8.04. The van der Waals surface area contributed by atoms with Gasteiger partial charge in [0, 0.05) is 18.5 Å². The summed E-state index contributed by atoms with van der Waals surface area (Å²) in [4.78, 5) is 30.8. The number of amides is 1. The van der Waals surface area contributed by atoms with Gasteiger partial charge in [0.05, 0.1) is 31.3 Å². The SMILES string of the molecule is N#CCCN(CCC#N)C(=O)Cn1cnc2c(oc3ccccc32)c1=O. The first-order valence-electron chi connectivity index (χ1n) is 8.04. The average Bonchev–Trinajstić information content (AvgIpc) is 3.03. The van der Waals surface area contributed by atoms with Crippen LogP contribution in [0.25, 0.3) is 22.1 Å². The predicted molar refractivity (Wildman–Crippen MR) is 92.8 cm³/mol. The molecule has 0 unspecified atom stereocenters. The maximum Gasteiger partial charge on any atom is 0.297 e. The van der Waals surface area contributed by atoms with Crippen molar-refractivity contribution in [3.63, 3.8) is 0 Å². The topological polar surface area (TPSA) is 116 Å². The minimum absolute atomic E-state index is 0.0992. The van der Waals surface area contributed by atoms with Crippen LogP contribution in [-0.4, -0.2) is 33.4 Å². The lowest BCUT2D eigenvalue weighted by molar-refractivity contribution is -0.131. The van der Waals surface area contributed by atoms with E-state index < -0.39 is 5.56 Å². The van der Waals surface area contributed by atoms with E-state index in [0.29, 0.717) is 11.1 Å². The molecular formula is C18H15N5O3. The van der Waals surface area contributed by atoms with Crippen molar-refractivity contribution in [2.24, 2.45) is 0 Å². The van der Waals surface area contributed by atoms with Crippen LogP contribution >= 0.6 is 0 Å². The molecule has 1 amide bonds. The summed E-state index contributed by atoms with van der Waals surface area (Å²) in [6.45, 7) is 0.202. The zero-order valence-corrected chi connectivity index (χ0v) is 13.9. The molecule has 2 heterocycles. The van der Waals surface area contributed by atoms with Crippen LogP contribution in [0.3, 0.4) is 0 Å². The zero-order valence-electron chi connectivity index (χ0n) is 13.9. The smallest absolute Gasteiger partial charge is 0.297 e. The first kappa shape index (κ1) is 17.2. The molecule has 130 valence electrons. The summed E-state index contributed by atoms with van der Waals surface area (Å²) in [7, 11) is 0. The molecular weight excluding hydrogens is 334 g/mol. The van der Waals surface area contributed by atoms with Gasteiger partial charge >= 0.3 is 0 Å². The van der Waals surface area contributed by atoms with E-state index in [1.165, 1.54) is 15.8 Å². The number of rotatable bonds is 6. The number of benzene rings is 1. The van der Waals surface area contributed by atoms with Crippen molar-refractivity contribution in [3.05, 3.63) is 40.9 Å². The van der Waals surface area contributed by atoms with E-state index in [1.807, 2.05) is 24.3 Å². The summed E-state index contributed by atoms with van der Waals surface area (Å²) in [6.07, 6.45) is 1.64. The summed E-state index contributed by atoms with van der Waals surface area (Å²) in [5, 5.41) is 18.2. The highest BCUT2D eigenvalue weighted by atomic mass is 16.3. The Morgan fingerprint density at radius 1 is 1.19 bits per heavy atom. The Morgan fingerprint density at radius 3 is 2.58 bits per heavy atom. The second-order valence-electron chi connectivity index (χ2n) is 5.65. The molecule has 2 aromatic heterocycles. The number of carbonyl (C=O) groups is 1. The van der Waals surface area contributed by atoms with Crippen LogP contribution in [0.2, 0.25) is 0 Å². The van der Waals surface area contributed by atoms with Gasteiger partial charge in [-0.1, -0.05) is 12.1 Å². The lowest BCUT2D eigenvalue weighted by Crippen LogP contribution is -2.37. The molecule has 3 aromatic rings. The number of hydrogen-bond acceptors (Lipinski definition) is 6. The van der Waals surface area contributed by atoms with Crippen molar-refractivity contribution in [2.45, 2.75) is 19.4 Å². The number of nitrogens with zero attached hydrogens (tertiary/aromatic N) is 5. The summed E-state index contributed by atoms with van der Waals surface area (Å²) in [5.41, 5.74) is 0.670. The maximum absolute atomic E-state index is 12.6. The Labute approximate surface area is 148 Å². The van der Waals surface area contributed by atoms with Gasteiger partial charge < -0.3 is 9.32 Å². The van der Waals surface area contributed by atoms with Crippen molar-refractivity contribution in [3.8, 4) is 12.1 Å². The molecule has 0 aliphatic heterocycles. The highest BCUT2D eigenvalue weighted by Gasteiger charge is 2.17. The summed E-state index contributed by atoms with van der Waals surface area (Å²) >= 11 is 0. The summed E-state index contributed by atoms with van der Waals surface area (Å²) in [6, 6.07) is 11.1. The molecule has 3 rings (SSSR count). The Balaban J connectivity index is 1.90. The van der Waals surface area contributed by atoms with E-state index >= 15 is 0 Å². The number of furan rings is 1. The number of nitriles is 2. The second-order valence-corrected chi connectivity index (χ2v) is 5.65. The summed E-state index contributed by atoms with van der Waals surface area (Å²) < 4.78 is 6.77. The van der Waals surface area contributed by atoms with Crippen molar-refractivity contribution in [1.29, 1.82) is 10.5 Å². The van der Waals surface area contributed by atoms with Crippen LogP contribution in [0.1, 0.15) is 12.8 Å². The van der Waals surface area contributed by atoms with Gasteiger partial charge in [0.25, 0.3) is 5.56 Å². The fourth-order valence-electron chi connectivity index (χ4n) is 2.70. The van der Waals surface area contributed by atoms with E-state index in [9.17, 15) is 9.59 Å². The van der Waals surface area contributed by atoms with Gasteiger partial charge in [0.15, 0.2) is 0 Å². The molecule has 0 fully saturated rings. The first-order chi connectivity index (χ1) is 12.7. The minimum atomic E-state index is -0.444. The number of para-hydroxylation sites is 1. The van der Waals surface area contributed by atoms with Gasteiger partial charge in [-0.3, -0.25) is 14.2 Å². The molecule has 0 atom stereocenters. The second kappa shape index (κ2) is 7.49. The van der Waals surface area contributed by atoms with Crippen LogP contribution < -0.4 is 5.56 Å². The fraction of sp³-hybridized carbons (Fsp3) is 0.278. The van der Waals surface area contributed by atoms with Crippen molar-refractivity contribution < 1.29 is 9.21 Å².